The molecule has 0 radical (unpaired) electrons. The van der Waals surface area contributed by atoms with E-state index in [-0.39, 0.29) is 0 Å². The normalized spacial score (nSPS) is 27.0. The molecule has 82 valence electrons. The standard InChI is InChI=1S/2C6H11.H2O.Sn.H/c2*1-2-4-6-5-3-1;;;/h2*1H,2-6H2;1H2;;/q;;;+1;/p-1. The number of hydrogen-bond acceptors (Lipinski definition) is 1. The zero-order chi connectivity index (χ0) is 9.80. The van der Waals surface area contributed by atoms with Gasteiger partial charge in [0.2, 0.25) is 0 Å². The van der Waals surface area contributed by atoms with Crippen molar-refractivity contribution in [1.82, 2.24) is 0 Å². The summed E-state index contributed by atoms with van der Waals surface area (Å²) in [5, 5.41) is 0. The molecule has 0 atom stereocenters. The van der Waals surface area contributed by atoms with Gasteiger partial charge in [-0.15, -0.1) is 0 Å². The van der Waals surface area contributed by atoms with Crippen LogP contribution in [0.3, 0.4) is 0 Å². The van der Waals surface area contributed by atoms with E-state index in [2.05, 4.69) is 0 Å². The monoisotopic (exact) mass is 304 g/mol. The molecule has 0 unspecified atom stereocenters. The summed E-state index contributed by atoms with van der Waals surface area (Å²) in [6.07, 6.45) is 14.0. The zero-order valence-electron chi connectivity index (χ0n) is 9.25. The second kappa shape index (κ2) is 5.74. The van der Waals surface area contributed by atoms with Gasteiger partial charge in [-0.2, -0.15) is 0 Å². The van der Waals surface area contributed by atoms with Gasteiger partial charge in [-0.05, 0) is 0 Å². The third-order valence-corrected chi connectivity index (χ3v) is 13.6. The van der Waals surface area contributed by atoms with Crippen LogP contribution in [0.5, 0.6) is 0 Å². The number of hydrogen-bond donors (Lipinski definition) is 1. The van der Waals surface area contributed by atoms with E-state index in [0.717, 1.165) is 7.87 Å². The molecule has 0 aliphatic heterocycles. The van der Waals surface area contributed by atoms with Gasteiger partial charge >= 0.3 is 95.7 Å². The topological polar surface area (TPSA) is 20.2 Å². The van der Waals surface area contributed by atoms with Crippen molar-refractivity contribution >= 4 is 20.2 Å². The average Bonchev–Trinajstić information content (AvgIpc) is 2.30. The zero-order valence-corrected chi connectivity index (χ0v) is 12.5. The minimum atomic E-state index is -2.08. The van der Waals surface area contributed by atoms with Gasteiger partial charge in [-0.25, -0.2) is 0 Å². The Kier molecular flexibility index (Phi) is 4.61. The van der Waals surface area contributed by atoms with Crippen LogP contribution in [0.25, 0.3) is 0 Å². The fourth-order valence-corrected chi connectivity index (χ4v) is 12.1. The molecule has 14 heavy (non-hydrogen) atoms. The molecule has 0 heterocycles. The van der Waals surface area contributed by atoms with Crippen molar-refractivity contribution < 1.29 is 3.44 Å². The van der Waals surface area contributed by atoms with Crippen molar-refractivity contribution in [2.45, 2.75) is 72.1 Å². The van der Waals surface area contributed by atoms with E-state index < -0.39 is 20.2 Å². The van der Waals surface area contributed by atoms with Gasteiger partial charge in [0.15, 0.2) is 0 Å². The van der Waals surface area contributed by atoms with E-state index in [0.29, 0.717) is 0 Å². The van der Waals surface area contributed by atoms with Crippen LogP contribution >= 0.6 is 0 Å². The van der Waals surface area contributed by atoms with Crippen LogP contribution < -0.4 is 0 Å². The van der Waals surface area contributed by atoms with Crippen molar-refractivity contribution in [2.75, 3.05) is 0 Å². The van der Waals surface area contributed by atoms with Gasteiger partial charge < -0.3 is 0 Å². The first-order valence-electron chi connectivity index (χ1n) is 6.56. The molecule has 2 aliphatic rings. The summed E-state index contributed by atoms with van der Waals surface area (Å²) in [7, 11) is 0. The van der Waals surface area contributed by atoms with Crippen LogP contribution in [0.2, 0.25) is 7.87 Å². The molecule has 0 saturated heterocycles. The van der Waals surface area contributed by atoms with Gasteiger partial charge in [0, 0.05) is 0 Å². The van der Waals surface area contributed by atoms with Gasteiger partial charge in [-0.3, -0.25) is 0 Å². The second-order valence-electron chi connectivity index (χ2n) is 5.29. The Morgan fingerprint density at radius 3 is 1.36 bits per heavy atom. The summed E-state index contributed by atoms with van der Waals surface area (Å²) in [5.41, 5.74) is 0. The van der Waals surface area contributed by atoms with Crippen molar-refractivity contribution in [3.05, 3.63) is 0 Å². The molecule has 2 saturated carbocycles. The molecule has 0 amide bonds. The molecule has 0 bridgehead atoms. The van der Waals surface area contributed by atoms with Crippen LogP contribution in [0.4, 0.5) is 0 Å². The molecule has 2 fully saturated rings. The van der Waals surface area contributed by atoms with Gasteiger partial charge in [0.05, 0.1) is 0 Å². The second-order valence-corrected chi connectivity index (χ2v) is 13.5. The van der Waals surface area contributed by atoms with Crippen LogP contribution in [-0.2, 0) is 0 Å². The van der Waals surface area contributed by atoms with Crippen LogP contribution in [-0.4, -0.2) is 23.6 Å². The van der Waals surface area contributed by atoms with Gasteiger partial charge in [-0.1, -0.05) is 0 Å². The Labute approximate surface area is 95.6 Å². The van der Waals surface area contributed by atoms with Gasteiger partial charge in [0.25, 0.3) is 0 Å². The van der Waals surface area contributed by atoms with Crippen molar-refractivity contribution in [3.63, 3.8) is 0 Å². The van der Waals surface area contributed by atoms with Crippen molar-refractivity contribution in [2.24, 2.45) is 0 Å². The Bertz CT molecular complexity index is 142. The first kappa shape index (κ1) is 11.3. The first-order valence-corrected chi connectivity index (χ1v) is 11.8. The Morgan fingerprint density at radius 1 is 0.643 bits per heavy atom. The average molecular weight is 303 g/mol. The summed E-state index contributed by atoms with van der Waals surface area (Å²) in [5.74, 6) is 0. The van der Waals surface area contributed by atoms with E-state index in [4.69, 9.17) is 0 Å². The summed E-state index contributed by atoms with van der Waals surface area (Å²) >= 11 is -2.08. The fraction of sp³-hybridized carbons (Fsp3) is 1.00. The SMILES string of the molecule is [OH][SnH]([CH]1CCCCC1)[CH]1CCCCC1. The van der Waals surface area contributed by atoms with Crippen LogP contribution in [0.15, 0.2) is 0 Å². The predicted molar refractivity (Wildman–Crippen MR) is 63.0 cm³/mol. The fourth-order valence-electron chi connectivity index (χ4n) is 3.34. The van der Waals surface area contributed by atoms with E-state index >= 15 is 0 Å². The third kappa shape index (κ3) is 2.88. The molecule has 1 nitrogen and oxygen atoms in total. The van der Waals surface area contributed by atoms with Crippen LogP contribution in [0.1, 0.15) is 64.2 Å². The molecular weight excluding hydrogens is 279 g/mol. The summed E-state index contributed by atoms with van der Waals surface area (Å²) in [6, 6.07) is 0. The molecule has 2 rings (SSSR count). The maximum atomic E-state index is 10.5. The molecule has 0 aromatic heterocycles. The Hall–Kier alpha value is 0.759. The predicted octanol–water partition coefficient (Wildman–Crippen LogP) is 3.37. The maximum absolute atomic E-state index is 10.5. The van der Waals surface area contributed by atoms with Gasteiger partial charge in [0.1, 0.15) is 0 Å². The molecule has 0 spiro atoms. The van der Waals surface area contributed by atoms with Crippen molar-refractivity contribution in [3.8, 4) is 0 Å². The third-order valence-electron chi connectivity index (χ3n) is 4.27. The summed E-state index contributed by atoms with van der Waals surface area (Å²) in [4.78, 5) is 0. The van der Waals surface area contributed by atoms with Crippen molar-refractivity contribution in [1.29, 1.82) is 0 Å². The summed E-state index contributed by atoms with van der Waals surface area (Å²) in [6.45, 7) is 0. The molecular formula is C12H24OSn. The molecule has 0 aromatic carbocycles. The first-order chi connectivity index (χ1) is 6.88. The Morgan fingerprint density at radius 2 is 1.00 bits per heavy atom. The molecule has 1 N–H and O–H groups in total. The van der Waals surface area contributed by atoms with E-state index in [1.165, 1.54) is 64.2 Å². The molecule has 2 aliphatic carbocycles. The number of rotatable bonds is 2. The van der Waals surface area contributed by atoms with E-state index in [1.54, 1.807) is 0 Å². The molecule has 2 heteroatoms. The minimum absolute atomic E-state index is 0.855. The summed E-state index contributed by atoms with van der Waals surface area (Å²) < 4.78 is 12.2. The van der Waals surface area contributed by atoms with Crippen LogP contribution in [0, 0.1) is 0 Å². The van der Waals surface area contributed by atoms with E-state index in [9.17, 15) is 3.44 Å². The Balaban J connectivity index is 1.82. The van der Waals surface area contributed by atoms with E-state index in [1.807, 2.05) is 0 Å². The molecule has 0 aromatic rings. The quantitative estimate of drug-likeness (QED) is 0.776.